The topological polar surface area (TPSA) is 34.1 Å². The first-order valence-electron chi connectivity index (χ1n) is 5.32. The number of rotatable bonds is 6. The van der Waals surface area contributed by atoms with Gasteiger partial charge >= 0.3 is 0 Å². The molecule has 0 fully saturated rings. The lowest BCUT2D eigenvalue weighted by Gasteiger charge is -2.22. The highest BCUT2D eigenvalue weighted by Crippen LogP contribution is 2.19. The van der Waals surface area contributed by atoms with E-state index in [1.54, 1.807) is 7.11 Å². The zero-order valence-electron chi connectivity index (χ0n) is 10.4. The molecule has 0 unspecified atom stereocenters. The molecule has 1 aromatic heterocycles. The van der Waals surface area contributed by atoms with Crippen LogP contribution in [0.3, 0.4) is 0 Å². The first-order valence-corrected chi connectivity index (χ1v) is 6.54. The summed E-state index contributed by atoms with van der Waals surface area (Å²) in [6, 6.07) is 3.92. The molecule has 4 heteroatoms. The minimum atomic E-state index is 0.278. The maximum atomic E-state index is 5.01. The largest absolute Gasteiger partial charge is 0.481 e. The molecule has 0 aliphatic carbocycles. The van der Waals surface area contributed by atoms with Crippen molar-refractivity contribution in [2.45, 2.75) is 25.1 Å². The van der Waals surface area contributed by atoms with Crippen molar-refractivity contribution < 1.29 is 4.74 Å². The Balaban J connectivity index is 2.37. The molecule has 0 aromatic carbocycles. The molecule has 0 aliphatic rings. The van der Waals surface area contributed by atoms with Crippen LogP contribution < -0.4 is 10.1 Å². The summed E-state index contributed by atoms with van der Waals surface area (Å²) in [7, 11) is 1.63. The number of nitrogens with zero attached hydrogens (tertiary/aromatic N) is 1. The third-order valence-corrected chi connectivity index (χ3v) is 3.69. The van der Waals surface area contributed by atoms with E-state index in [-0.39, 0.29) is 4.75 Å². The molecule has 1 N–H and O–H groups in total. The van der Waals surface area contributed by atoms with Crippen LogP contribution in [0.2, 0.25) is 0 Å². The zero-order valence-corrected chi connectivity index (χ0v) is 11.2. The van der Waals surface area contributed by atoms with Crippen LogP contribution in [0.1, 0.15) is 19.4 Å². The number of ether oxygens (including phenoxy) is 1. The third kappa shape index (κ3) is 4.41. The van der Waals surface area contributed by atoms with Crippen LogP contribution in [0, 0.1) is 0 Å². The Bertz CT molecular complexity index is 311. The molecule has 1 aromatic rings. The fraction of sp³-hybridized carbons (Fsp3) is 0.583. The van der Waals surface area contributed by atoms with Gasteiger partial charge in [-0.2, -0.15) is 11.8 Å². The van der Waals surface area contributed by atoms with Gasteiger partial charge in [-0.1, -0.05) is 6.07 Å². The van der Waals surface area contributed by atoms with Crippen molar-refractivity contribution in [3.05, 3.63) is 23.9 Å². The van der Waals surface area contributed by atoms with Gasteiger partial charge in [0, 0.05) is 30.1 Å². The van der Waals surface area contributed by atoms with Crippen LogP contribution in [0.4, 0.5) is 0 Å². The summed E-state index contributed by atoms with van der Waals surface area (Å²) < 4.78 is 5.29. The second kappa shape index (κ2) is 6.11. The molecule has 0 spiro atoms. The number of thioether (sulfide) groups is 1. The molecular weight excluding hydrogens is 220 g/mol. The minimum Gasteiger partial charge on any atom is -0.481 e. The summed E-state index contributed by atoms with van der Waals surface area (Å²) in [5, 5.41) is 3.43. The van der Waals surface area contributed by atoms with Gasteiger partial charge in [0.15, 0.2) is 0 Å². The molecule has 0 saturated heterocycles. The number of nitrogens with one attached hydrogen (secondary N) is 1. The summed E-state index contributed by atoms with van der Waals surface area (Å²) in [6.07, 6.45) is 3.98. The van der Waals surface area contributed by atoms with Gasteiger partial charge in [0.2, 0.25) is 5.88 Å². The van der Waals surface area contributed by atoms with Crippen LogP contribution in [0.25, 0.3) is 0 Å². The molecule has 1 heterocycles. The monoisotopic (exact) mass is 240 g/mol. The highest BCUT2D eigenvalue weighted by molar-refractivity contribution is 7.99. The molecule has 0 aliphatic heterocycles. The number of pyridine rings is 1. The lowest BCUT2D eigenvalue weighted by Crippen LogP contribution is -2.31. The van der Waals surface area contributed by atoms with E-state index < -0.39 is 0 Å². The maximum Gasteiger partial charge on any atom is 0.212 e. The Labute approximate surface area is 102 Å². The van der Waals surface area contributed by atoms with E-state index in [9.17, 15) is 0 Å². The minimum absolute atomic E-state index is 0.278. The molecule has 1 rings (SSSR count). The summed E-state index contributed by atoms with van der Waals surface area (Å²) in [6.45, 7) is 6.30. The highest BCUT2D eigenvalue weighted by Gasteiger charge is 2.14. The van der Waals surface area contributed by atoms with E-state index in [0.29, 0.717) is 5.88 Å². The van der Waals surface area contributed by atoms with Crippen LogP contribution in [0.15, 0.2) is 18.3 Å². The Morgan fingerprint density at radius 3 is 2.69 bits per heavy atom. The van der Waals surface area contributed by atoms with E-state index in [0.717, 1.165) is 13.1 Å². The summed E-state index contributed by atoms with van der Waals surface area (Å²) in [5.74, 6) is 0.660. The molecule has 0 saturated carbocycles. The molecular formula is C12H20N2OS. The Kier molecular flexibility index (Phi) is 5.09. The normalized spacial score (nSPS) is 11.5. The molecule has 3 nitrogen and oxygen atoms in total. The second-order valence-corrected chi connectivity index (χ2v) is 5.79. The van der Waals surface area contributed by atoms with Gasteiger partial charge in [0.1, 0.15) is 0 Å². The number of methoxy groups -OCH3 is 1. The van der Waals surface area contributed by atoms with Gasteiger partial charge in [-0.25, -0.2) is 4.98 Å². The van der Waals surface area contributed by atoms with E-state index >= 15 is 0 Å². The summed E-state index contributed by atoms with van der Waals surface area (Å²) >= 11 is 1.87. The van der Waals surface area contributed by atoms with Gasteiger partial charge in [-0.05, 0) is 25.7 Å². The average molecular weight is 240 g/mol. The summed E-state index contributed by atoms with van der Waals surface area (Å²) in [4.78, 5) is 4.16. The Morgan fingerprint density at radius 2 is 2.19 bits per heavy atom. The lowest BCUT2D eigenvalue weighted by molar-refractivity contribution is 0.397. The first-order chi connectivity index (χ1) is 7.57. The molecule has 0 radical (unpaired) electrons. The Hall–Kier alpha value is -0.740. The second-order valence-electron chi connectivity index (χ2n) is 4.28. The van der Waals surface area contributed by atoms with Crippen molar-refractivity contribution in [2.75, 3.05) is 19.9 Å². The number of hydrogen-bond acceptors (Lipinski definition) is 4. The lowest BCUT2D eigenvalue weighted by atomic mass is 10.2. The highest BCUT2D eigenvalue weighted by atomic mass is 32.2. The van der Waals surface area contributed by atoms with E-state index in [4.69, 9.17) is 4.74 Å². The summed E-state index contributed by atoms with van der Waals surface area (Å²) in [5.41, 5.74) is 1.18. The average Bonchev–Trinajstić information content (AvgIpc) is 2.30. The van der Waals surface area contributed by atoms with Gasteiger partial charge in [0.25, 0.3) is 0 Å². The third-order valence-electron chi connectivity index (χ3n) is 2.44. The van der Waals surface area contributed by atoms with Crippen LogP contribution >= 0.6 is 11.8 Å². The first kappa shape index (κ1) is 13.3. The van der Waals surface area contributed by atoms with Gasteiger partial charge in [-0.15, -0.1) is 0 Å². The van der Waals surface area contributed by atoms with Gasteiger partial charge in [0.05, 0.1) is 7.11 Å². The maximum absolute atomic E-state index is 5.01. The fourth-order valence-corrected chi connectivity index (χ4v) is 1.46. The predicted molar refractivity (Wildman–Crippen MR) is 70.1 cm³/mol. The molecule has 16 heavy (non-hydrogen) atoms. The van der Waals surface area contributed by atoms with Crippen LogP contribution in [-0.2, 0) is 6.54 Å². The van der Waals surface area contributed by atoms with E-state index in [1.807, 2.05) is 30.1 Å². The van der Waals surface area contributed by atoms with Crippen LogP contribution in [0.5, 0.6) is 5.88 Å². The van der Waals surface area contributed by atoms with Crippen molar-refractivity contribution in [2.24, 2.45) is 0 Å². The van der Waals surface area contributed by atoms with Crippen LogP contribution in [-0.4, -0.2) is 29.6 Å². The number of aromatic nitrogens is 1. The standard InChI is InChI=1S/C12H20N2OS/c1-12(2,16-4)9-13-7-10-5-6-11(15-3)14-8-10/h5-6,8,13H,7,9H2,1-4H3. The van der Waals surface area contributed by atoms with Crippen molar-refractivity contribution in [3.63, 3.8) is 0 Å². The van der Waals surface area contributed by atoms with Crippen molar-refractivity contribution in [3.8, 4) is 5.88 Å². The fourth-order valence-electron chi connectivity index (χ4n) is 1.22. The van der Waals surface area contributed by atoms with Gasteiger partial charge in [-0.3, -0.25) is 0 Å². The quantitative estimate of drug-likeness (QED) is 0.827. The van der Waals surface area contributed by atoms with Crippen molar-refractivity contribution in [1.29, 1.82) is 0 Å². The SMILES string of the molecule is COc1ccc(CNCC(C)(C)SC)cn1. The predicted octanol–water partition coefficient (Wildman–Crippen LogP) is 2.32. The van der Waals surface area contributed by atoms with E-state index in [1.165, 1.54) is 5.56 Å². The van der Waals surface area contributed by atoms with Crippen molar-refractivity contribution >= 4 is 11.8 Å². The smallest absolute Gasteiger partial charge is 0.212 e. The molecule has 90 valence electrons. The molecule has 0 atom stereocenters. The van der Waals surface area contributed by atoms with Crippen molar-refractivity contribution in [1.82, 2.24) is 10.3 Å². The Morgan fingerprint density at radius 1 is 1.44 bits per heavy atom. The number of hydrogen-bond donors (Lipinski definition) is 1. The molecule has 0 amide bonds. The van der Waals surface area contributed by atoms with Gasteiger partial charge < -0.3 is 10.1 Å². The molecule has 0 bridgehead atoms. The zero-order chi connectivity index (χ0) is 12.0. The van der Waals surface area contributed by atoms with E-state index in [2.05, 4.69) is 30.4 Å².